The molecule has 5 nitrogen and oxygen atoms in total. The zero-order chi connectivity index (χ0) is 30.6. The molecule has 0 radical (unpaired) electrons. The molecule has 2 heterocycles. The SMILES string of the molecule is O=c1sc(Cc2ccc(OCCN3CCc4ccccc43)cc2)c(O)n1C(c1ccccc1)(c1ccccc1)c1ccccc1. The minimum Gasteiger partial charge on any atom is -0.494 e. The van der Waals surface area contributed by atoms with Gasteiger partial charge in [0.2, 0.25) is 5.88 Å². The molecular weight excluding hydrogens is 577 g/mol. The second kappa shape index (κ2) is 12.5. The van der Waals surface area contributed by atoms with Crippen molar-refractivity contribution >= 4 is 17.0 Å². The molecule has 6 aromatic rings. The number of hydrogen-bond donors (Lipinski definition) is 1. The van der Waals surface area contributed by atoms with Crippen LogP contribution in [0.3, 0.4) is 0 Å². The van der Waals surface area contributed by atoms with E-state index in [2.05, 4.69) is 29.2 Å². The molecule has 1 aliphatic heterocycles. The first-order valence-corrected chi connectivity index (χ1v) is 16.1. The Balaban J connectivity index is 1.17. The minimum absolute atomic E-state index is 0.0206. The van der Waals surface area contributed by atoms with Gasteiger partial charge in [-0.25, -0.2) is 0 Å². The average Bonchev–Trinajstić information content (AvgIpc) is 3.63. The lowest BCUT2D eigenvalue weighted by Crippen LogP contribution is -2.42. The van der Waals surface area contributed by atoms with Crippen LogP contribution in [0.4, 0.5) is 5.69 Å². The van der Waals surface area contributed by atoms with Crippen molar-refractivity contribution in [2.45, 2.75) is 18.4 Å². The van der Waals surface area contributed by atoms with Gasteiger partial charge < -0.3 is 14.7 Å². The van der Waals surface area contributed by atoms with E-state index in [-0.39, 0.29) is 10.8 Å². The molecule has 45 heavy (non-hydrogen) atoms. The summed E-state index contributed by atoms with van der Waals surface area (Å²) in [6.07, 6.45) is 1.51. The van der Waals surface area contributed by atoms with Gasteiger partial charge in [-0.1, -0.05) is 133 Å². The third-order valence-electron chi connectivity index (χ3n) is 8.67. The number of benzene rings is 5. The molecule has 224 valence electrons. The Morgan fingerprint density at radius 2 is 1.27 bits per heavy atom. The summed E-state index contributed by atoms with van der Waals surface area (Å²) in [6.45, 7) is 2.45. The van der Waals surface area contributed by atoms with Crippen molar-refractivity contribution in [2.75, 3.05) is 24.6 Å². The van der Waals surface area contributed by atoms with Gasteiger partial charge in [-0.2, -0.15) is 0 Å². The molecule has 0 aliphatic carbocycles. The second-order valence-corrected chi connectivity index (χ2v) is 12.3. The van der Waals surface area contributed by atoms with Gasteiger partial charge in [0.25, 0.3) is 0 Å². The minimum atomic E-state index is -1.06. The number of anilines is 1. The van der Waals surface area contributed by atoms with Crippen LogP contribution in [0.25, 0.3) is 0 Å². The number of para-hydroxylation sites is 1. The summed E-state index contributed by atoms with van der Waals surface area (Å²) in [4.78, 5) is 16.7. The maximum atomic E-state index is 14.0. The molecule has 0 atom stereocenters. The largest absolute Gasteiger partial charge is 0.494 e. The number of thiazole rings is 1. The van der Waals surface area contributed by atoms with Crippen molar-refractivity contribution in [3.63, 3.8) is 0 Å². The molecule has 6 heteroatoms. The van der Waals surface area contributed by atoms with Crippen molar-refractivity contribution < 1.29 is 9.84 Å². The molecule has 5 aromatic carbocycles. The van der Waals surface area contributed by atoms with Crippen LogP contribution in [0.2, 0.25) is 0 Å². The van der Waals surface area contributed by atoms with Crippen LogP contribution in [0.15, 0.2) is 144 Å². The number of aromatic nitrogens is 1. The third-order valence-corrected chi connectivity index (χ3v) is 9.60. The fourth-order valence-corrected chi connectivity index (χ4v) is 7.49. The Bertz CT molecular complexity index is 1840. The second-order valence-electron chi connectivity index (χ2n) is 11.3. The Morgan fingerprint density at radius 1 is 0.711 bits per heavy atom. The zero-order valence-electron chi connectivity index (χ0n) is 24.9. The Morgan fingerprint density at radius 3 is 1.87 bits per heavy atom. The van der Waals surface area contributed by atoms with Crippen LogP contribution < -0.4 is 14.5 Å². The Labute approximate surface area is 267 Å². The van der Waals surface area contributed by atoms with E-state index < -0.39 is 5.54 Å². The predicted octanol–water partition coefficient (Wildman–Crippen LogP) is 7.49. The number of aromatic hydroxyl groups is 1. The molecule has 0 fully saturated rings. The van der Waals surface area contributed by atoms with E-state index in [0.717, 1.165) is 58.9 Å². The average molecular weight is 611 g/mol. The lowest BCUT2D eigenvalue weighted by Gasteiger charge is -2.37. The van der Waals surface area contributed by atoms with Gasteiger partial charge in [-0.15, -0.1) is 0 Å². The highest BCUT2D eigenvalue weighted by Crippen LogP contribution is 2.43. The standard InChI is InChI=1S/C39H34N2O3S/c42-37-36(28-29-20-22-34(23-21-29)44-27-26-40-25-24-30-12-10-11-19-35(30)40)45-38(43)41(37)39(31-13-4-1-5-14-31,32-15-6-2-7-16-32)33-17-8-3-9-18-33/h1-23,42H,24-28H2. The molecule has 0 spiro atoms. The van der Waals surface area contributed by atoms with E-state index in [4.69, 9.17) is 4.74 Å². The molecule has 1 N–H and O–H groups in total. The first-order chi connectivity index (χ1) is 22.1. The molecule has 1 aromatic heterocycles. The smallest absolute Gasteiger partial charge is 0.311 e. The van der Waals surface area contributed by atoms with Gasteiger partial charge in [0.05, 0.1) is 11.4 Å². The van der Waals surface area contributed by atoms with Crippen molar-refractivity contribution in [1.29, 1.82) is 0 Å². The Hall–Kier alpha value is -5.07. The van der Waals surface area contributed by atoms with Gasteiger partial charge in [0.15, 0.2) is 0 Å². The van der Waals surface area contributed by atoms with E-state index in [9.17, 15) is 9.90 Å². The molecule has 0 saturated carbocycles. The molecular formula is C39H34N2O3S. The van der Waals surface area contributed by atoms with Crippen LogP contribution in [0.1, 0.15) is 32.7 Å². The fourth-order valence-electron chi connectivity index (χ4n) is 6.55. The molecule has 0 unspecified atom stereocenters. The number of nitrogens with zero attached hydrogens (tertiary/aromatic N) is 2. The first-order valence-electron chi connectivity index (χ1n) is 15.3. The number of rotatable bonds is 10. The topological polar surface area (TPSA) is 54.7 Å². The molecule has 1 aliphatic rings. The summed E-state index contributed by atoms with van der Waals surface area (Å²) in [5.74, 6) is 0.783. The number of ether oxygens (including phenoxy) is 1. The molecule has 0 bridgehead atoms. The summed E-state index contributed by atoms with van der Waals surface area (Å²) in [5, 5.41) is 11.9. The predicted molar refractivity (Wildman–Crippen MR) is 182 cm³/mol. The third kappa shape index (κ3) is 5.42. The Kier molecular flexibility index (Phi) is 7.97. The quantitative estimate of drug-likeness (QED) is 0.163. The van der Waals surface area contributed by atoms with E-state index >= 15 is 0 Å². The first kappa shape index (κ1) is 28.7. The summed E-state index contributed by atoms with van der Waals surface area (Å²) in [7, 11) is 0. The van der Waals surface area contributed by atoms with E-state index in [0.29, 0.717) is 17.9 Å². The summed E-state index contributed by atoms with van der Waals surface area (Å²) >= 11 is 1.09. The van der Waals surface area contributed by atoms with Crippen LogP contribution in [-0.4, -0.2) is 29.4 Å². The molecule has 0 saturated heterocycles. The number of hydrogen-bond acceptors (Lipinski definition) is 5. The van der Waals surface area contributed by atoms with Crippen LogP contribution >= 0.6 is 11.3 Å². The summed E-state index contributed by atoms with van der Waals surface area (Å²) in [6, 6.07) is 46.3. The summed E-state index contributed by atoms with van der Waals surface area (Å²) < 4.78 is 7.65. The highest BCUT2D eigenvalue weighted by molar-refractivity contribution is 7.09. The highest BCUT2D eigenvalue weighted by Gasteiger charge is 2.42. The van der Waals surface area contributed by atoms with Crippen molar-refractivity contribution in [3.8, 4) is 11.6 Å². The van der Waals surface area contributed by atoms with E-state index in [1.165, 1.54) is 11.3 Å². The van der Waals surface area contributed by atoms with E-state index in [1.54, 1.807) is 4.57 Å². The van der Waals surface area contributed by atoms with Gasteiger partial charge >= 0.3 is 4.87 Å². The lowest BCUT2D eigenvalue weighted by molar-refractivity contribution is 0.324. The van der Waals surface area contributed by atoms with Crippen LogP contribution in [0.5, 0.6) is 11.6 Å². The molecule has 0 amide bonds. The van der Waals surface area contributed by atoms with Gasteiger partial charge in [0, 0.05) is 18.7 Å². The molecule has 7 rings (SSSR count). The maximum absolute atomic E-state index is 14.0. The zero-order valence-corrected chi connectivity index (χ0v) is 25.7. The van der Waals surface area contributed by atoms with Gasteiger partial charge in [0.1, 0.15) is 17.9 Å². The van der Waals surface area contributed by atoms with Gasteiger partial charge in [-0.3, -0.25) is 9.36 Å². The van der Waals surface area contributed by atoms with Crippen LogP contribution in [-0.2, 0) is 18.4 Å². The maximum Gasteiger partial charge on any atom is 0.311 e. The van der Waals surface area contributed by atoms with Crippen LogP contribution in [0, 0.1) is 0 Å². The van der Waals surface area contributed by atoms with Crippen molar-refractivity contribution in [1.82, 2.24) is 4.57 Å². The van der Waals surface area contributed by atoms with Crippen molar-refractivity contribution in [3.05, 3.63) is 182 Å². The van der Waals surface area contributed by atoms with Gasteiger partial charge in [-0.05, 0) is 52.4 Å². The summed E-state index contributed by atoms with van der Waals surface area (Å²) in [5.41, 5.74) is 5.30. The monoisotopic (exact) mass is 610 g/mol. The highest BCUT2D eigenvalue weighted by atomic mass is 32.1. The number of fused-ring (bicyclic) bond motifs is 1. The van der Waals surface area contributed by atoms with Crippen molar-refractivity contribution in [2.24, 2.45) is 0 Å². The lowest BCUT2D eigenvalue weighted by atomic mass is 9.76. The van der Waals surface area contributed by atoms with E-state index in [1.807, 2.05) is 115 Å². The fraction of sp³-hybridized carbons (Fsp3) is 0.154. The normalized spacial score (nSPS) is 12.7.